The molecule has 0 unspecified atom stereocenters. The summed E-state index contributed by atoms with van der Waals surface area (Å²) < 4.78 is 0. The Morgan fingerprint density at radius 3 is 2.88 bits per heavy atom. The lowest BCUT2D eigenvalue weighted by molar-refractivity contribution is 0.0954. The molecule has 3 heterocycles. The Hall–Kier alpha value is -2.03. The number of amides is 1. The van der Waals surface area contributed by atoms with Crippen molar-refractivity contribution in [3.63, 3.8) is 0 Å². The molecule has 1 amide bonds. The summed E-state index contributed by atoms with van der Waals surface area (Å²) in [5.74, 6) is 0.745. The molecule has 8 heteroatoms. The van der Waals surface area contributed by atoms with E-state index in [1.54, 1.807) is 17.7 Å². The van der Waals surface area contributed by atoms with Gasteiger partial charge in [0, 0.05) is 13.1 Å². The predicted octanol–water partition coefficient (Wildman–Crippen LogP) is 3.35. The molecule has 0 aliphatic heterocycles. The van der Waals surface area contributed by atoms with Crippen molar-refractivity contribution in [2.24, 2.45) is 0 Å². The fourth-order valence-electron chi connectivity index (χ4n) is 2.68. The zero-order valence-corrected chi connectivity index (χ0v) is 16.8. The fourth-order valence-corrected chi connectivity index (χ4v) is 4.41. The first kappa shape index (κ1) is 18.8. The Kier molecular flexibility index (Phi) is 6.18. The second-order valence-corrected chi connectivity index (χ2v) is 8.14. The summed E-state index contributed by atoms with van der Waals surface area (Å²) in [7, 11) is 4.12. The van der Waals surface area contributed by atoms with E-state index in [0.29, 0.717) is 11.4 Å². The van der Waals surface area contributed by atoms with E-state index in [2.05, 4.69) is 39.6 Å². The SMILES string of the molecule is Cc1c(C(=O)NCc2ccsc2)sc2ncnc(NCCCN(C)C)c12. The number of carbonyl (C=O) groups excluding carboxylic acids is 1. The number of fused-ring (bicyclic) bond motifs is 1. The van der Waals surface area contributed by atoms with Crippen LogP contribution in [0, 0.1) is 6.92 Å². The van der Waals surface area contributed by atoms with Gasteiger partial charge in [-0.3, -0.25) is 4.79 Å². The van der Waals surface area contributed by atoms with E-state index in [0.717, 1.165) is 46.7 Å². The monoisotopic (exact) mass is 389 g/mol. The van der Waals surface area contributed by atoms with Crippen LogP contribution in [0.1, 0.15) is 27.2 Å². The van der Waals surface area contributed by atoms with Crippen molar-refractivity contribution in [3.05, 3.63) is 39.2 Å². The van der Waals surface area contributed by atoms with Crippen molar-refractivity contribution >= 4 is 44.6 Å². The van der Waals surface area contributed by atoms with Crippen LogP contribution >= 0.6 is 22.7 Å². The van der Waals surface area contributed by atoms with Gasteiger partial charge in [-0.1, -0.05) is 0 Å². The molecule has 3 aromatic rings. The van der Waals surface area contributed by atoms with E-state index >= 15 is 0 Å². The minimum absolute atomic E-state index is 0.0599. The van der Waals surface area contributed by atoms with Gasteiger partial charge in [-0.25, -0.2) is 9.97 Å². The Morgan fingerprint density at radius 1 is 1.31 bits per heavy atom. The first-order chi connectivity index (χ1) is 12.6. The third kappa shape index (κ3) is 4.38. The van der Waals surface area contributed by atoms with Crippen LogP contribution in [-0.4, -0.2) is 48.0 Å². The second-order valence-electron chi connectivity index (χ2n) is 6.36. The lowest BCUT2D eigenvalue weighted by Gasteiger charge is -2.10. The summed E-state index contributed by atoms with van der Waals surface area (Å²) in [5.41, 5.74) is 2.05. The van der Waals surface area contributed by atoms with Crippen molar-refractivity contribution in [3.8, 4) is 0 Å². The van der Waals surface area contributed by atoms with Crippen LogP contribution in [0.3, 0.4) is 0 Å². The minimum Gasteiger partial charge on any atom is -0.369 e. The molecule has 2 N–H and O–H groups in total. The van der Waals surface area contributed by atoms with Crippen LogP contribution < -0.4 is 10.6 Å². The highest BCUT2D eigenvalue weighted by Gasteiger charge is 2.19. The molecule has 0 saturated carbocycles. The first-order valence-electron chi connectivity index (χ1n) is 8.48. The van der Waals surface area contributed by atoms with Crippen LogP contribution in [0.4, 0.5) is 5.82 Å². The highest BCUT2D eigenvalue weighted by Crippen LogP contribution is 2.33. The summed E-state index contributed by atoms with van der Waals surface area (Å²) in [6.45, 7) is 4.35. The van der Waals surface area contributed by atoms with Crippen molar-refractivity contribution in [2.45, 2.75) is 19.9 Å². The van der Waals surface area contributed by atoms with Crippen molar-refractivity contribution < 1.29 is 4.79 Å². The minimum atomic E-state index is -0.0599. The van der Waals surface area contributed by atoms with Gasteiger partial charge >= 0.3 is 0 Å². The molecule has 3 rings (SSSR count). The van der Waals surface area contributed by atoms with Gasteiger partial charge in [-0.05, 0) is 61.9 Å². The Balaban J connectivity index is 1.74. The molecule has 0 aliphatic rings. The van der Waals surface area contributed by atoms with Gasteiger partial charge in [0.05, 0.1) is 10.3 Å². The number of carbonyl (C=O) groups is 1. The van der Waals surface area contributed by atoms with E-state index in [1.807, 2.05) is 23.8 Å². The average Bonchev–Trinajstić information content (AvgIpc) is 3.25. The van der Waals surface area contributed by atoms with E-state index in [1.165, 1.54) is 11.3 Å². The lowest BCUT2D eigenvalue weighted by atomic mass is 10.2. The molecule has 138 valence electrons. The third-order valence-corrected chi connectivity index (χ3v) is 5.97. The van der Waals surface area contributed by atoms with Gasteiger partial charge in [-0.2, -0.15) is 11.3 Å². The number of hydrogen-bond acceptors (Lipinski definition) is 7. The van der Waals surface area contributed by atoms with Crippen LogP contribution in [0.15, 0.2) is 23.2 Å². The number of nitrogens with one attached hydrogen (secondary N) is 2. The zero-order valence-electron chi connectivity index (χ0n) is 15.2. The average molecular weight is 390 g/mol. The molecule has 26 heavy (non-hydrogen) atoms. The molecule has 0 spiro atoms. The van der Waals surface area contributed by atoms with E-state index in [4.69, 9.17) is 0 Å². The molecule has 0 atom stereocenters. The molecule has 0 saturated heterocycles. The maximum absolute atomic E-state index is 12.6. The van der Waals surface area contributed by atoms with Crippen LogP contribution in [0.2, 0.25) is 0 Å². The molecule has 6 nitrogen and oxygen atoms in total. The van der Waals surface area contributed by atoms with Crippen LogP contribution in [0.5, 0.6) is 0 Å². The quantitative estimate of drug-likeness (QED) is 0.578. The summed E-state index contributed by atoms with van der Waals surface area (Å²) in [6, 6.07) is 2.02. The molecule has 0 bridgehead atoms. The Bertz CT molecular complexity index is 873. The second kappa shape index (κ2) is 8.57. The number of rotatable bonds is 8. The smallest absolute Gasteiger partial charge is 0.261 e. The lowest BCUT2D eigenvalue weighted by Crippen LogP contribution is -2.22. The van der Waals surface area contributed by atoms with Crippen molar-refractivity contribution in [1.29, 1.82) is 0 Å². The first-order valence-corrected chi connectivity index (χ1v) is 10.2. The highest BCUT2D eigenvalue weighted by atomic mass is 32.1. The highest BCUT2D eigenvalue weighted by molar-refractivity contribution is 7.20. The van der Waals surface area contributed by atoms with Gasteiger partial charge in [0.1, 0.15) is 17.0 Å². The Labute approximate surface area is 161 Å². The van der Waals surface area contributed by atoms with Crippen LogP contribution in [-0.2, 0) is 6.54 Å². The van der Waals surface area contributed by atoms with Gasteiger partial charge in [0.25, 0.3) is 5.91 Å². The zero-order chi connectivity index (χ0) is 18.5. The standard InChI is InChI=1S/C18H23N5OS2/c1-12-14-16(19-6-4-7-23(2)3)21-11-22-18(14)26-15(12)17(24)20-9-13-5-8-25-10-13/h5,8,10-11H,4,6-7,9H2,1-3H3,(H,20,24)(H,19,21,22). The molecular weight excluding hydrogens is 366 g/mol. The molecular formula is C18H23N5OS2. The topological polar surface area (TPSA) is 70.1 Å². The number of anilines is 1. The third-order valence-electron chi connectivity index (χ3n) is 4.04. The van der Waals surface area contributed by atoms with E-state index in [9.17, 15) is 4.79 Å². The summed E-state index contributed by atoms with van der Waals surface area (Å²) in [4.78, 5) is 25.0. The fraction of sp³-hybridized carbons (Fsp3) is 0.389. The normalized spacial score (nSPS) is 11.2. The maximum atomic E-state index is 12.6. The number of aromatic nitrogens is 2. The number of nitrogens with zero attached hydrogens (tertiary/aromatic N) is 3. The molecule has 0 aromatic carbocycles. The van der Waals surface area contributed by atoms with Gasteiger partial charge in [0.15, 0.2) is 0 Å². The number of aryl methyl sites for hydroxylation is 1. The predicted molar refractivity (Wildman–Crippen MR) is 109 cm³/mol. The summed E-state index contributed by atoms with van der Waals surface area (Å²) >= 11 is 3.05. The number of thiophene rings is 2. The van der Waals surface area contributed by atoms with E-state index in [-0.39, 0.29) is 5.91 Å². The summed E-state index contributed by atoms with van der Waals surface area (Å²) in [5, 5.41) is 11.4. The van der Waals surface area contributed by atoms with Gasteiger partial charge in [-0.15, -0.1) is 11.3 Å². The van der Waals surface area contributed by atoms with Crippen molar-refractivity contribution in [1.82, 2.24) is 20.2 Å². The molecule has 0 radical (unpaired) electrons. The number of hydrogen-bond donors (Lipinski definition) is 2. The largest absolute Gasteiger partial charge is 0.369 e. The van der Waals surface area contributed by atoms with Crippen LogP contribution in [0.25, 0.3) is 10.2 Å². The molecule has 0 aliphatic carbocycles. The molecule has 0 fully saturated rings. The van der Waals surface area contributed by atoms with Crippen molar-refractivity contribution in [2.75, 3.05) is 32.5 Å². The Morgan fingerprint density at radius 2 is 2.15 bits per heavy atom. The maximum Gasteiger partial charge on any atom is 0.261 e. The summed E-state index contributed by atoms with van der Waals surface area (Å²) in [6.07, 6.45) is 2.58. The van der Waals surface area contributed by atoms with Gasteiger partial charge in [0.2, 0.25) is 0 Å². The van der Waals surface area contributed by atoms with Gasteiger partial charge < -0.3 is 15.5 Å². The molecule has 3 aromatic heterocycles. The van der Waals surface area contributed by atoms with E-state index < -0.39 is 0 Å².